The molecule has 3 fully saturated rings. The van der Waals surface area contributed by atoms with Crippen molar-refractivity contribution >= 4 is 0 Å². The Morgan fingerprint density at radius 3 is 2.33 bits per heavy atom. The highest BCUT2D eigenvalue weighted by molar-refractivity contribution is 5.02. The van der Waals surface area contributed by atoms with Crippen LogP contribution in [0.15, 0.2) is 0 Å². The van der Waals surface area contributed by atoms with Crippen LogP contribution in [0, 0.1) is 35.5 Å². The summed E-state index contributed by atoms with van der Waals surface area (Å²) in [5.74, 6) is 6.75. The van der Waals surface area contributed by atoms with Gasteiger partial charge in [-0.15, -0.1) is 0 Å². The maximum atomic E-state index is 2.49. The van der Waals surface area contributed by atoms with Crippen LogP contribution >= 0.6 is 0 Å². The van der Waals surface area contributed by atoms with E-state index >= 15 is 0 Å². The van der Waals surface area contributed by atoms with Crippen LogP contribution in [0.1, 0.15) is 39.5 Å². The van der Waals surface area contributed by atoms with Gasteiger partial charge in [-0.2, -0.15) is 0 Å². The van der Waals surface area contributed by atoms with Gasteiger partial charge < -0.3 is 0 Å². The molecule has 0 N–H and O–H groups in total. The Bertz CT molecular complexity index is 192. The first-order valence-corrected chi connectivity index (χ1v) is 5.75. The summed E-state index contributed by atoms with van der Waals surface area (Å²) in [6, 6.07) is 0. The minimum atomic E-state index is 1.05. The van der Waals surface area contributed by atoms with E-state index < -0.39 is 0 Å². The molecule has 12 heavy (non-hydrogen) atoms. The van der Waals surface area contributed by atoms with Crippen molar-refractivity contribution in [1.82, 2.24) is 0 Å². The van der Waals surface area contributed by atoms with Crippen molar-refractivity contribution in [1.29, 1.82) is 0 Å². The molecular weight excluding hydrogens is 144 g/mol. The molecule has 0 aliphatic heterocycles. The van der Waals surface area contributed by atoms with Gasteiger partial charge in [-0.05, 0) is 61.2 Å². The molecule has 0 radical (unpaired) electrons. The van der Waals surface area contributed by atoms with Gasteiger partial charge in [0.05, 0.1) is 0 Å². The summed E-state index contributed by atoms with van der Waals surface area (Å²) >= 11 is 0. The second-order valence-corrected chi connectivity index (χ2v) is 5.78. The van der Waals surface area contributed by atoms with E-state index in [4.69, 9.17) is 0 Å². The average Bonchev–Trinajstić information content (AvgIpc) is 2.57. The Morgan fingerprint density at radius 2 is 1.50 bits per heavy atom. The van der Waals surface area contributed by atoms with E-state index in [2.05, 4.69) is 13.8 Å². The van der Waals surface area contributed by atoms with E-state index in [1.807, 2.05) is 0 Å². The van der Waals surface area contributed by atoms with Gasteiger partial charge in [0, 0.05) is 0 Å². The zero-order chi connectivity index (χ0) is 8.29. The lowest BCUT2D eigenvalue weighted by Gasteiger charge is -2.29. The monoisotopic (exact) mass is 164 g/mol. The molecule has 3 saturated carbocycles. The van der Waals surface area contributed by atoms with Gasteiger partial charge >= 0.3 is 0 Å². The van der Waals surface area contributed by atoms with E-state index in [-0.39, 0.29) is 0 Å². The molecule has 3 aliphatic rings. The lowest BCUT2D eigenvalue weighted by molar-refractivity contribution is 0.201. The Hall–Kier alpha value is 0. The van der Waals surface area contributed by atoms with E-state index in [1.54, 1.807) is 25.7 Å². The Balaban J connectivity index is 1.86. The van der Waals surface area contributed by atoms with Crippen LogP contribution in [0.25, 0.3) is 0 Å². The van der Waals surface area contributed by atoms with Crippen LogP contribution in [-0.4, -0.2) is 0 Å². The molecule has 3 rings (SSSR count). The molecule has 0 heterocycles. The fourth-order valence-corrected chi connectivity index (χ4v) is 4.69. The van der Waals surface area contributed by atoms with Crippen LogP contribution in [0.3, 0.4) is 0 Å². The van der Waals surface area contributed by atoms with Gasteiger partial charge in [-0.3, -0.25) is 0 Å². The minimum absolute atomic E-state index is 1.05. The van der Waals surface area contributed by atoms with E-state index in [0.29, 0.717) is 0 Å². The van der Waals surface area contributed by atoms with E-state index in [9.17, 15) is 0 Å². The van der Waals surface area contributed by atoms with Crippen molar-refractivity contribution in [2.75, 3.05) is 0 Å². The highest BCUT2D eigenvalue weighted by Gasteiger charge is 2.53. The predicted octanol–water partition coefficient (Wildman–Crippen LogP) is 3.32. The lowest BCUT2D eigenvalue weighted by atomic mass is 9.77. The molecule has 0 aromatic carbocycles. The lowest BCUT2D eigenvalue weighted by Crippen LogP contribution is -2.22. The highest BCUT2D eigenvalue weighted by Crippen LogP contribution is 2.61. The fourth-order valence-electron chi connectivity index (χ4n) is 4.69. The summed E-state index contributed by atoms with van der Waals surface area (Å²) in [5, 5.41) is 0. The van der Waals surface area contributed by atoms with Gasteiger partial charge in [0.1, 0.15) is 0 Å². The fraction of sp³-hybridized carbons (Fsp3) is 1.00. The third-order valence-electron chi connectivity index (χ3n) is 5.03. The van der Waals surface area contributed by atoms with Crippen molar-refractivity contribution in [2.24, 2.45) is 35.5 Å². The molecule has 0 aromatic rings. The topological polar surface area (TPSA) is 0 Å². The van der Waals surface area contributed by atoms with Gasteiger partial charge in [0.15, 0.2) is 0 Å². The summed E-state index contributed by atoms with van der Waals surface area (Å²) in [6.07, 6.45) is 6.30. The summed E-state index contributed by atoms with van der Waals surface area (Å²) in [6.45, 7) is 4.95. The molecule has 0 unspecified atom stereocenters. The molecule has 0 heteroatoms. The van der Waals surface area contributed by atoms with Gasteiger partial charge in [0.2, 0.25) is 0 Å². The summed E-state index contributed by atoms with van der Waals surface area (Å²) in [4.78, 5) is 0. The second-order valence-electron chi connectivity index (χ2n) is 5.78. The standard InChI is InChI=1S/C12H20/c1-7-3-11-9-5-8(2)10(6-9)12(11)4-7/h7-12H,3-6H2,1-2H3/t7-,8-,9+,10-,11-,12-/m1/s1. The first kappa shape index (κ1) is 7.41. The summed E-state index contributed by atoms with van der Waals surface area (Å²) < 4.78 is 0. The molecule has 2 bridgehead atoms. The quantitative estimate of drug-likeness (QED) is 0.515. The molecule has 0 saturated heterocycles. The molecular formula is C12H20. The summed E-state index contributed by atoms with van der Waals surface area (Å²) in [7, 11) is 0. The van der Waals surface area contributed by atoms with Gasteiger partial charge in [0.25, 0.3) is 0 Å². The van der Waals surface area contributed by atoms with Crippen molar-refractivity contribution in [3.63, 3.8) is 0 Å². The molecule has 0 aromatic heterocycles. The average molecular weight is 164 g/mol. The van der Waals surface area contributed by atoms with Crippen LogP contribution in [0.5, 0.6) is 0 Å². The van der Waals surface area contributed by atoms with Crippen molar-refractivity contribution in [3.8, 4) is 0 Å². The first-order valence-electron chi connectivity index (χ1n) is 5.75. The van der Waals surface area contributed by atoms with Crippen LogP contribution in [0.4, 0.5) is 0 Å². The second kappa shape index (κ2) is 2.27. The molecule has 0 amide bonds. The van der Waals surface area contributed by atoms with Crippen molar-refractivity contribution in [2.45, 2.75) is 39.5 Å². The van der Waals surface area contributed by atoms with Crippen LogP contribution in [-0.2, 0) is 0 Å². The number of hydrogen-bond donors (Lipinski definition) is 0. The van der Waals surface area contributed by atoms with Crippen LogP contribution in [0.2, 0.25) is 0 Å². The molecule has 68 valence electrons. The number of fused-ring (bicyclic) bond motifs is 5. The molecule has 6 atom stereocenters. The Kier molecular flexibility index (Phi) is 1.40. The van der Waals surface area contributed by atoms with Crippen LogP contribution < -0.4 is 0 Å². The summed E-state index contributed by atoms with van der Waals surface area (Å²) in [5.41, 5.74) is 0. The van der Waals surface area contributed by atoms with Crippen molar-refractivity contribution < 1.29 is 0 Å². The minimum Gasteiger partial charge on any atom is -0.0625 e. The normalized spacial score (nSPS) is 62.5. The largest absolute Gasteiger partial charge is 0.0625 e. The smallest absolute Gasteiger partial charge is 0.0349 e. The number of hydrogen-bond acceptors (Lipinski definition) is 0. The van der Waals surface area contributed by atoms with E-state index in [1.165, 1.54) is 5.92 Å². The predicted molar refractivity (Wildman–Crippen MR) is 50.8 cm³/mol. The highest BCUT2D eigenvalue weighted by atomic mass is 14.6. The first-order chi connectivity index (χ1) is 5.75. The molecule has 3 aliphatic carbocycles. The Morgan fingerprint density at radius 1 is 0.750 bits per heavy atom. The zero-order valence-electron chi connectivity index (χ0n) is 8.29. The van der Waals surface area contributed by atoms with E-state index in [0.717, 1.165) is 29.6 Å². The third kappa shape index (κ3) is 0.791. The maximum Gasteiger partial charge on any atom is -0.0349 e. The molecule has 0 spiro atoms. The van der Waals surface area contributed by atoms with Gasteiger partial charge in [-0.1, -0.05) is 13.8 Å². The zero-order valence-corrected chi connectivity index (χ0v) is 8.29. The Labute approximate surface area is 75.7 Å². The SMILES string of the molecule is C[C@H]1C[C@H]2[C@H](C1)[C@@H]1C[C@@H]2[C@H](C)C1. The maximum absolute atomic E-state index is 2.49. The third-order valence-corrected chi connectivity index (χ3v) is 5.03. The van der Waals surface area contributed by atoms with Gasteiger partial charge in [-0.25, -0.2) is 0 Å². The number of rotatable bonds is 0. The molecule has 0 nitrogen and oxygen atoms in total. The van der Waals surface area contributed by atoms with Crippen molar-refractivity contribution in [3.05, 3.63) is 0 Å².